The summed E-state index contributed by atoms with van der Waals surface area (Å²) in [5.41, 5.74) is 8.57. The molecule has 0 saturated carbocycles. The molecule has 0 fully saturated rings. The third kappa shape index (κ3) is 11.3. The fraction of sp³-hybridized carbons (Fsp3) is 0.167. The van der Waals surface area contributed by atoms with Crippen molar-refractivity contribution in [1.82, 2.24) is 0 Å². The number of para-hydroxylation sites is 4. The molecule has 3 rings (SSSR count). The van der Waals surface area contributed by atoms with E-state index in [4.69, 9.17) is 10.6 Å². The molecule has 3 aromatic carbocycles. The van der Waals surface area contributed by atoms with Gasteiger partial charge in [0.05, 0.1) is 0 Å². The second kappa shape index (κ2) is 15.4. The normalized spacial score (nSPS) is 9.82. The van der Waals surface area contributed by atoms with Crippen molar-refractivity contribution in [2.24, 2.45) is 0 Å². The van der Waals surface area contributed by atoms with Crippen LogP contribution in [0.15, 0.2) is 60.7 Å². The van der Waals surface area contributed by atoms with Gasteiger partial charge in [0, 0.05) is 0 Å². The Hall–Kier alpha value is -2.45. The Kier molecular flexibility index (Phi) is 14.3. The second-order valence-electron chi connectivity index (χ2n) is 6.62. The number of rotatable bonds is 4. The minimum absolute atomic E-state index is 0. The monoisotopic (exact) mass is 500 g/mol. The summed E-state index contributed by atoms with van der Waals surface area (Å²) in [7, 11) is 0. The van der Waals surface area contributed by atoms with Crippen molar-refractivity contribution in [3.8, 4) is 0 Å². The van der Waals surface area contributed by atoms with E-state index in [1.54, 1.807) is 0 Å². The molecule has 0 N–H and O–H groups in total. The molecule has 0 spiro atoms. The van der Waals surface area contributed by atoms with Crippen LogP contribution in [0.25, 0.3) is 10.6 Å². The van der Waals surface area contributed by atoms with Gasteiger partial charge in [0.2, 0.25) is 0 Å². The molecule has 0 radical (unpaired) electrons. The van der Waals surface area contributed by atoms with Crippen molar-refractivity contribution >= 4 is 22.7 Å². The van der Waals surface area contributed by atoms with Crippen LogP contribution in [0, 0.1) is 41.1 Å². The summed E-state index contributed by atoms with van der Waals surface area (Å²) < 4.78 is 57.5. The average molecular weight is 500 g/mol. The zero-order valence-electron chi connectivity index (χ0n) is 18.4. The fourth-order valence-corrected chi connectivity index (χ4v) is 2.86. The molecule has 0 unspecified atom stereocenters. The summed E-state index contributed by atoms with van der Waals surface area (Å²) in [6.45, 7) is 2.21. The average Bonchev–Trinajstić information content (AvgIpc) is 2.68. The predicted octanol–water partition coefficient (Wildman–Crippen LogP) is 10.3. The zero-order valence-corrected chi connectivity index (χ0v) is 20.0. The summed E-state index contributed by atoms with van der Waals surface area (Å²) >= 11 is 0. The van der Waals surface area contributed by atoms with Gasteiger partial charge >= 0.3 is 21.7 Å². The van der Waals surface area contributed by atoms with E-state index in [-0.39, 0.29) is 21.7 Å². The van der Waals surface area contributed by atoms with Crippen LogP contribution in [0.1, 0.15) is 22.3 Å². The van der Waals surface area contributed by atoms with Gasteiger partial charge in [0.15, 0.2) is 13.4 Å². The minimum Gasteiger partial charge on any atom is -0.658 e. The van der Waals surface area contributed by atoms with E-state index in [9.17, 15) is 26.3 Å². The van der Waals surface area contributed by atoms with Crippen molar-refractivity contribution < 1.29 is 48.1 Å². The molecule has 0 amide bonds. The molecular weight excluding hydrogens is 478 g/mol. The molecule has 0 heterocycles. The third-order valence-electron chi connectivity index (χ3n) is 4.23. The summed E-state index contributed by atoms with van der Waals surface area (Å²) in [6, 6.07) is 20.6. The molecule has 0 aliphatic carbocycles. The van der Waals surface area contributed by atoms with Gasteiger partial charge in [-0.15, -0.1) is 11.4 Å². The van der Waals surface area contributed by atoms with E-state index in [0.29, 0.717) is 0 Å². The SMILES string of the molecule is Cc1cccc(C)c1[N-]c1ccccc1[N-]c1c(C)cccc1C.F[C-](F)F.F[C-](F)F.[Ti+4]. The first-order chi connectivity index (χ1) is 15.0. The van der Waals surface area contributed by atoms with Crippen LogP contribution >= 0.6 is 0 Å². The summed E-state index contributed by atoms with van der Waals surface area (Å²) in [6.07, 6.45) is 0. The second-order valence-corrected chi connectivity index (χ2v) is 6.62. The summed E-state index contributed by atoms with van der Waals surface area (Å²) in [5, 5.41) is 9.80. The third-order valence-corrected chi connectivity index (χ3v) is 4.23. The molecule has 0 aliphatic heterocycles. The van der Waals surface area contributed by atoms with Crippen LogP contribution in [-0.2, 0) is 21.7 Å². The molecule has 3 aromatic rings. The van der Waals surface area contributed by atoms with Gasteiger partial charge in [-0.05, 0) is 27.7 Å². The fourth-order valence-electron chi connectivity index (χ4n) is 2.86. The van der Waals surface area contributed by atoms with E-state index in [2.05, 4.69) is 64.1 Å². The maximum Gasteiger partial charge on any atom is 4.00 e. The smallest absolute Gasteiger partial charge is 0.658 e. The number of hydrogen-bond acceptors (Lipinski definition) is 0. The van der Waals surface area contributed by atoms with Crippen molar-refractivity contribution in [2.75, 3.05) is 0 Å². The number of halogens is 6. The van der Waals surface area contributed by atoms with Crippen LogP contribution in [0.4, 0.5) is 49.1 Å². The quantitative estimate of drug-likeness (QED) is 0.194. The van der Waals surface area contributed by atoms with Crippen LogP contribution in [0.5, 0.6) is 0 Å². The Labute approximate surface area is 205 Å². The van der Waals surface area contributed by atoms with Gasteiger partial charge in [0.25, 0.3) is 0 Å². The Balaban J connectivity index is 0.000000991. The zero-order chi connectivity index (χ0) is 24.3. The Morgan fingerprint density at radius 2 is 0.727 bits per heavy atom. The standard InChI is InChI=1S/C22H22N2.2CF3.Ti/c1-15-9-7-10-16(2)21(15)23-19-13-5-6-14-20(19)24-22-17(3)11-8-12-18(22)4;2*2-1(3)4;/h5-14H,1-4H3;;;/q-2;2*-1;+4. The predicted molar refractivity (Wildman–Crippen MR) is 117 cm³/mol. The van der Waals surface area contributed by atoms with Crippen LogP contribution in [0.2, 0.25) is 0 Å². The van der Waals surface area contributed by atoms with E-state index >= 15 is 0 Å². The van der Waals surface area contributed by atoms with Crippen molar-refractivity contribution in [3.63, 3.8) is 0 Å². The van der Waals surface area contributed by atoms with Gasteiger partial charge < -0.3 is 37.0 Å². The Bertz CT molecular complexity index is 858. The Morgan fingerprint density at radius 3 is 0.970 bits per heavy atom. The molecule has 9 heteroatoms. The topological polar surface area (TPSA) is 28.2 Å². The van der Waals surface area contributed by atoms with E-state index < -0.39 is 13.4 Å². The first-order valence-corrected chi connectivity index (χ1v) is 9.34. The van der Waals surface area contributed by atoms with Gasteiger partial charge in [-0.2, -0.15) is 11.4 Å². The molecule has 0 aliphatic rings. The van der Waals surface area contributed by atoms with E-state index in [0.717, 1.165) is 22.7 Å². The number of benzene rings is 3. The minimum atomic E-state index is -3.08. The van der Waals surface area contributed by atoms with E-state index in [1.807, 2.05) is 24.3 Å². The maximum absolute atomic E-state index is 9.58. The van der Waals surface area contributed by atoms with Gasteiger partial charge in [-0.3, -0.25) is 0 Å². The van der Waals surface area contributed by atoms with Crippen LogP contribution < -0.4 is 0 Å². The Morgan fingerprint density at radius 1 is 0.485 bits per heavy atom. The first kappa shape index (κ1) is 30.6. The van der Waals surface area contributed by atoms with E-state index in [1.165, 1.54) is 22.3 Å². The van der Waals surface area contributed by atoms with Gasteiger partial charge in [0.1, 0.15) is 0 Å². The van der Waals surface area contributed by atoms with Crippen LogP contribution in [0.3, 0.4) is 0 Å². The largest absolute Gasteiger partial charge is 4.00 e. The first-order valence-electron chi connectivity index (χ1n) is 9.34. The molecule has 0 bridgehead atoms. The van der Waals surface area contributed by atoms with Crippen molar-refractivity contribution in [3.05, 3.63) is 107 Å². The molecule has 174 valence electrons. The molecular formula is C24H22F6N2Ti. The maximum atomic E-state index is 9.58. The van der Waals surface area contributed by atoms with Crippen LogP contribution in [-0.4, -0.2) is 0 Å². The number of hydrogen-bond donors (Lipinski definition) is 0. The number of aryl methyl sites for hydroxylation is 4. The molecule has 2 nitrogen and oxygen atoms in total. The molecule has 0 saturated heterocycles. The van der Waals surface area contributed by atoms with Gasteiger partial charge in [-0.25, -0.2) is 0 Å². The number of nitrogens with zero attached hydrogens (tertiary/aromatic N) is 2. The van der Waals surface area contributed by atoms with Crippen molar-refractivity contribution in [1.29, 1.82) is 0 Å². The van der Waals surface area contributed by atoms with Crippen molar-refractivity contribution in [2.45, 2.75) is 27.7 Å². The molecule has 0 aromatic heterocycles. The molecule has 33 heavy (non-hydrogen) atoms. The summed E-state index contributed by atoms with van der Waals surface area (Å²) in [4.78, 5) is 0. The molecule has 0 atom stereocenters. The summed E-state index contributed by atoms with van der Waals surface area (Å²) in [5.74, 6) is 0. The van der Waals surface area contributed by atoms with Gasteiger partial charge in [-0.1, -0.05) is 82.9 Å².